The van der Waals surface area contributed by atoms with Crippen molar-refractivity contribution >= 4 is 17.6 Å². The van der Waals surface area contributed by atoms with Crippen LogP contribution in [0, 0.1) is 11.6 Å². The van der Waals surface area contributed by atoms with Crippen molar-refractivity contribution in [3.05, 3.63) is 29.8 Å². The monoisotopic (exact) mass is 355 g/mol. The summed E-state index contributed by atoms with van der Waals surface area (Å²) in [7, 11) is 0. The van der Waals surface area contributed by atoms with Gasteiger partial charge in [-0.3, -0.25) is 4.79 Å². The minimum Gasteiger partial charge on any atom is -0.341 e. The Morgan fingerprint density at radius 3 is 2.52 bits per heavy atom. The average Bonchev–Trinajstić information content (AvgIpc) is 2.99. The summed E-state index contributed by atoms with van der Waals surface area (Å²) in [5.74, 6) is -1.96. The minimum atomic E-state index is -1.30. The Kier molecular flexibility index (Phi) is 5.15. The molecule has 0 bridgehead atoms. The maximum absolute atomic E-state index is 13.9. The first-order chi connectivity index (χ1) is 12.0. The Bertz CT molecular complexity index is 665. The molecular formula is C17H20F3N3O2. The lowest BCUT2D eigenvalue weighted by atomic mass is 10.1. The molecule has 25 heavy (non-hydrogen) atoms. The lowest BCUT2D eigenvalue weighted by molar-refractivity contribution is -0.136. The molecular weight excluding hydrogens is 335 g/mol. The van der Waals surface area contributed by atoms with E-state index in [4.69, 9.17) is 0 Å². The number of alkyl halides is 1. The zero-order chi connectivity index (χ0) is 18.0. The first-order valence-electron chi connectivity index (χ1n) is 8.41. The van der Waals surface area contributed by atoms with E-state index in [1.165, 1.54) is 0 Å². The molecule has 5 nitrogen and oxygen atoms in total. The molecule has 3 rings (SSSR count). The second-order valence-electron chi connectivity index (χ2n) is 6.44. The number of piperidine rings is 1. The maximum atomic E-state index is 13.9. The van der Waals surface area contributed by atoms with E-state index in [-0.39, 0.29) is 24.6 Å². The molecule has 0 spiro atoms. The van der Waals surface area contributed by atoms with E-state index in [1.807, 2.05) is 0 Å². The highest BCUT2D eigenvalue weighted by molar-refractivity contribution is 5.94. The van der Waals surface area contributed by atoms with Gasteiger partial charge in [0.25, 0.3) is 0 Å². The fraction of sp³-hybridized carbons (Fsp3) is 0.529. The van der Waals surface area contributed by atoms with Gasteiger partial charge in [0.1, 0.15) is 23.8 Å². The van der Waals surface area contributed by atoms with Crippen LogP contribution < -0.4 is 5.32 Å². The van der Waals surface area contributed by atoms with Crippen molar-refractivity contribution in [2.45, 2.75) is 37.9 Å². The lowest BCUT2D eigenvalue weighted by Gasteiger charge is -2.32. The summed E-state index contributed by atoms with van der Waals surface area (Å²) in [5, 5.41) is 2.30. The Balaban J connectivity index is 1.71. The van der Waals surface area contributed by atoms with Crippen molar-refractivity contribution in [1.82, 2.24) is 9.80 Å². The number of hydrogen-bond acceptors (Lipinski definition) is 2. The van der Waals surface area contributed by atoms with Gasteiger partial charge in [0.2, 0.25) is 5.91 Å². The van der Waals surface area contributed by atoms with Crippen molar-refractivity contribution in [2.24, 2.45) is 0 Å². The van der Waals surface area contributed by atoms with Gasteiger partial charge in [-0.05, 0) is 31.4 Å². The summed E-state index contributed by atoms with van der Waals surface area (Å²) in [4.78, 5) is 27.8. The highest BCUT2D eigenvalue weighted by atomic mass is 19.1. The zero-order valence-corrected chi connectivity index (χ0v) is 13.7. The molecule has 2 aliphatic heterocycles. The SMILES string of the molecule is O=C([C@@H]1C[C@H](F)CN1C(=O)Nc1ccc(F)cc1F)N1CCCCC1. The summed E-state index contributed by atoms with van der Waals surface area (Å²) in [6, 6.07) is 1.09. The van der Waals surface area contributed by atoms with Gasteiger partial charge in [0, 0.05) is 25.6 Å². The Morgan fingerprint density at radius 1 is 1.12 bits per heavy atom. The number of urea groups is 1. The number of nitrogens with one attached hydrogen (secondary N) is 1. The number of nitrogens with zero attached hydrogens (tertiary/aromatic N) is 2. The quantitative estimate of drug-likeness (QED) is 0.887. The van der Waals surface area contributed by atoms with Crippen LogP contribution >= 0.6 is 0 Å². The Hall–Kier alpha value is -2.25. The van der Waals surface area contributed by atoms with Crippen LogP contribution in [0.1, 0.15) is 25.7 Å². The number of hydrogen-bond donors (Lipinski definition) is 1. The van der Waals surface area contributed by atoms with Crippen molar-refractivity contribution < 1.29 is 22.8 Å². The topological polar surface area (TPSA) is 52.7 Å². The molecule has 1 aromatic carbocycles. The van der Waals surface area contributed by atoms with E-state index >= 15 is 0 Å². The molecule has 0 aliphatic carbocycles. The number of benzene rings is 1. The Morgan fingerprint density at radius 2 is 1.84 bits per heavy atom. The van der Waals surface area contributed by atoms with E-state index in [0.29, 0.717) is 19.2 Å². The van der Waals surface area contributed by atoms with Crippen LogP contribution in [0.3, 0.4) is 0 Å². The molecule has 0 unspecified atom stereocenters. The van der Waals surface area contributed by atoms with E-state index in [2.05, 4.69) is 5.32 Å². The first-order valence-corrected chi connectivity index (χ1v) is 8.41. The average molecular weight is 355 g/mol. The molecule has 1 aromatic rings. The predicted octanol–water partition coefficient (Wildman–Crippen LogP) is 2.92. The summed E-state index contributed by atoms with van der Waals surface area (Å²) >= 11 is 0. The molecule has 8 heteroatoms. The van der Waals surface area contributed by atoms with Gasteiger partial charge in [-0.2, -0.15) is 0 Å². The summed E-state index contributed by atoms with van der Waals surface area (Å²) < 4.78 is 40.5. The number of carbonyl (C=O) groups excluding carboxylic acids is 2. The molecule has 136 valence electrons. The summed E-state index contributed by atoms with van der Waals surface area (Å²) in [6.07, 6.45) is 1.47. The van der Waals surface area contributed by atoms with E-state index < -0.39 is 29.9 Å². The van der Waals surface area contributed by atoms with Gasteiger partial charge >= 0.3 is 6.03 Å². The van der Waals surface area contributed by atoms with Gasteiger partial charge < -0.3 is 15.1 Å². The number of carbonyl (C=O) groups is 2. The third kappa shape index (κ3) is 3.88. The molecule has 2 saturated heterocycles. The van der Waals surface area contributed by atoms with Crippen LogP contribution in [0.4, 0.5) is 23.7 Å². The largest absolute Gasteiger partial charge is 0.341 e. The number of likely N-dealkylation sites (tertiary alicyclic amines) is 2. The van der Waals surface area contributed by atoms with E-state index in [0.717, 1.165) is 36.3 Å². The fourth-order valence-electron chi connectivity index (χ4n) is 3.35. The van der Waals surface area contributed by atoms with Gasteiger partial charge in [0.15, 0.2) is 0 Å². The number of rotatable bonds is 2. The molecule has 2 heterocycles. The fourth-order valence-corrected chi connectivity index (χ4v) is 3.35. The van der Waals surface area contributed by atoms with Crippen molar-refractivity contribution in [1.29, 1.82) is 0 Å². The molecule has 0 aromatic heterocycles. The van der Waals surface area contributed by atoms with E-state index in [1.54, 1.807) is 4.90 Å². The molecule has 0 radical (unpaired) electrons. The lowest BCUT2D eigenvalue weighted by Crippen LogP contribution is -2.50. The van der Waals surface area contributed by atoms with Crippen LogP contribution in [0.25, 0.3) is 0 Å². The smallest absolute Gasteiger partial charge is 0.322 e. The van der Waals surface area contributed by atoms with Crippen LogP contribution in [0.2, 0.25) is 0 Å². The van der Waals surface area contributed by atoms with Gasteiger partial charge in [-0.15, -0.1) is 0 Å². The third-order valence-electron chi connectivity index (χ3n) is 4.64. The van der Waals surface area contributed by atoms with Gasteiger partial charge in [-0.1, -0.05) is 0 Å². The van der Waals surface area contributed by atoms with Crippen LogP contribution in [-0.2, 0) is 4.79 Å². The third-order valence-corrected chi connectivity index (χ3v) is 4.64. The van der Waals surface area contributed by atoms with Crippen molar-refractivity contribution in [3.63, 3.8) is 0 Å². The van der Waals surface area contributed by atoms with Crippen molar-refractivity contribution in [3.8, 4) is 0 Å². The molecule has 1 N–H and O–H groups in total. The molecule has 2 aliphatic rings. The first kappa shape index (κ1) is 17.6. The second kappa shape index (κ2) is 7.33. The standard InChI is InChI=1S/C17H20F3N3O2/c18-11-4-5-14(13(20)8-11)21-17(25)23-10-12(19)9-15(23)16(24)22-6-2-1-3-7-22/h4-5,8,12,15H,1-3,6-7,9-10H2,(H,21,25)/t12-,15-/m0/s1. The molecule has 0 saturated carbocycles. The highest BCUT2D eigenvalue weighted by Gasteiger charge is 2.41. The summed E-state index contributed by atoms with van der Waals surface area (Å²) in [5.41, 5.74) is -0.210. The zero-order valence-electron chi connectivity index (χ0n) is 13.7. The normalized spacial score (nSPS) is 23.6. The highest BCUT2D eigenvalue weighted by Crippen LogP contribution is 2.25. The number of halogens is 3. The number of anilines is 1. The second-order valence-corrected chi connectivity index (χ2v) is 6.44. The van der Waals surface area contributed by atoms with Crippen LogP contribution in [0.5, 0.6) is 0 Å². The van der Waals surface area contributed by atoms with Crippen LogP contribution in [0.15, 0.2) is 18.2 Å². The number of amides is 3. The Labute approximate surface area is 143 Å². The van der Waals surface area contributed by atoms with Crippen LogP contribution in [-0.4, -0.2) is 53.6 Å². The molecule has 2 atom stereocenters. The van der Waals surface area contributed by atoms with Crippen molar-refractivity contribution in [2.75, 3.05) is 25.0 Å². The minimum absolute atomic E-state index is 0.0609. The summed E-state index contributed by atoms with van der Waals surface area (Å²) in [6.45, 7) is 0.988. The van der Waals surface area contributed by atoms with Gasteiger partial charge in [-0.25, -0.2) is 18.0 Å². The molecule has 3 amide bonds. The predicted molar refractivity (Wildman–Crippen MR) is 85.8 cm³/mol. The van der Waals surface area contributed by atoms with Gasteiger partial charge in [0.05, 0.1) is 12.2 Å². The maximum Gasteiger partial charge on any atom is 0.322 e. The molecule has 2 fully saturated rings. The van der Waals surface area contributed by atoms with E-state index in [9.17, 15) is 22.8 Å².